The first kappa shape index (κ1) is 27.5. The van der Waals surface area contributed by atoms with Gasteiger partial charge in [-0.1, -0.05) is 37.5 Å². The fourth-order valence-electron chi connectivity index (χ4n) is 0.609. The first-order valence-electron chi connectivity index (χ1n) is 6.56. The van der Waals surface area contributed by atoms with Crippen LogP contribution in [0.5, 0.6) is 0 Å². The minimum Gasteiger partial charge on any atom is -0.467 e. The zero-order valence-corrected chi connectivity index (χ0v) is 13.7. The van der Waals surface area contributed by atoms with Crippen LogP contribution in [0.25, 0.3) is 0 Å². The molecule has 0 saturated carbocycles. The molecule has 0 radical (unpaired) electrons. The van der Waals surface area contributed by atoms with Gasteiger partial charge in [0, 0.05) is 12.8 Å². The molecule has 0 aromatic carbocycles. The molecule has 0 fully saturated rings. The van der Waals surface area contributed by atoms with E-state index in [-0.39, 0.29) is 13.2 Å². The van der Waals surface area contributed by atoms with Gasteiger partial charge in [0.1, 0.15) is 11.5 Å². The maximum absolute atomic E-state index is 7.62. The molecule has 0 bridgehead atoms. The third-order valence-electron chi connectivity index (χ3n) is 1.13. The van der Waals surface area contributed by atoms with Crippen LogP contribution in [-0.4, -0.2) is 23.4 Å². The lowest BCUT2D eigenvalue weighted by atomic mass is 10.3. The van der Waals surface area contributed by atoms with Crippen molar-refractivity contribution in [3.05, 3.63) is 75.3 Å². The molecule has 0 aliphatic heterocycles. The predicted octanol–water partition coefficient (Wildman–Crippen LogP) is 4.54. The monoisotopic (exact) mass is 296 g/mol. The quantitative estimate of drug-likeness (QED) is 0.535. The molecule has 0 aromatic heterocycles. The summed E-state index contributed by atoms with van der Waals surface area (Å²) in [6.07, 6.45) is 8.30. The van der Waals surface area contributed by atoms with Gasteiger partial charge in [0.25, 0.3) is 0 Å². The Bertz CT molecular complexity index is 250. The molecule has 21 heavy (non-hydrogen) atoms. The van der Waals surface area contributed by atoms with Crippen LogP contribution in [0, 0.1) is 0 Å². The van der Waals surface area contributed by atoms with Crippen LogP contribution in [0.1, 0.15) is 26.7 Å². The van der Waals surface area contributed by atoms with Crippen LogP contribution in [0.4, 0.5) is 0 Å². The highest BCUT2D eigenvalue weighted by molar-refractivity contribution is 4.99. The van der Waals surface area contributed by atoms with Crippen molar-refractivity contribution in [2.24, 2.45) is 0 Å². The van der Waals surface area contributed by atoms with Crippen molar-refractivity contribution >= 4 is 0 Å². The summed E-state index contributed by atoms with van der Waals surface area (Å²) in [5, 5.41) is 15.2. The highest BCUT2D eigenvalue weighted by Crippen LogP contribution is 2.09. The largest absolute Gasteiger partial charge is 0.467 e. The zero-order chi connectivity index (χ0) is 17.5. The Kier molecular flexibility index (Phi) is 40.4. The summed E-state index contributed by atoms with van der Waals surface area (Å²) in [4.78, 5) is 0. The maximum Gasteiger partial charge on any atom is 0.100 e. The Morgan fingerprint density at radius 2 is 1.05 bits per heavy atom. The van der Waals surface area contributed by atoms with E-state index in [9.17, 15) is 0 Å². The van der Waals surface area contributed by atoms with E-state index in [2.05, 4.69) is 39.5 Å². The Morgan fingerprint density at radius 1 is 0.810 bits per heavy atom. The summed E-state index contributed by atoms with van der Waals surface area (Å²) in [5.41, 5.74) is 0. The summed E-state index contributed by atoms with van der Waals surface area (Å²) in [6.45, 7) is 24.7. The van der Waals surface area contributed by atoms with Crippen LogP contribution in [-0.2, 0) is 4.74 Å². The normalized spacial score (nSPS) is 7.05. The second-order valence-electron chi connectivity index (χ2n) is 3.43. The van der Waals surface area contributed by atoms with Crippen LogP contribution >= 0.6 is 0 Å². The van der Waals surface area contributed by atoms with Gasteiger partial charge in [-0.25, -0.2) is 0 Å². The molecule has 0 aliphatic rings. The number of allylic oxidation sites excluding steroid dienone is 4. The van der Waals surface area contributed by atoms with Gasteiger partial charge in [-0.05, 0) is 13.8 Å². The molecule has 0 heterocycles. The lowest BCUT2D eigenvalue weighted by Crippen LogP contribution is -1.88. The summed E-state index contributed by atoms with van der Waals surface area (Å²) in [5.74, 6) is 1.35. The van der Waals surface area contributed by atoms with E-state index in [1.54, 1.807) is 24.3 Å². The zero-order valence-electron chi connectivity index (χ0n) is 13.7. The summed E-state index contributed by atoms with van der Waals surface area (Å²) < 4.78 is 5.20. The summed E-state index contributed by atoms with van der Waals surface area (Å²) in [7, 11) is 0. The molecule has 3 nitrogen and oxygen atoms in total. The topological polar surface area (TPSA) is 49.7 Å². The van der Waals surface area contributed by atoms with Crippen molar-refractivity contribution in [1.82, 2.24) is 0 Å². The molecule has 0 aliphatic carbocycles. The van der Waals surface area contributed by atoms with Crippen LogP contribution in [0.15, 0.2) is 75.3 Å². The van der Waals surface area contributed by atoms with Crippen molar-refractivity contribution in [3.63, 3.8) is 0 Å². The molecule has 3 heteroatoms. The minimum atomic E-state index is -0.125. The van der Waals surface area contributed by atoms with Gasteiger partial charge in [-0.15, -0.1) is 26.3 Å². The van der Waals surface area contributed by atoms with Gasteiger partial charge in [0.2, 0.25) is 0 Å². The summed E-state index contributed by atoms with van der Waals surface area (Å²) >= 11 is 0. The van der Waals surface area contributed by atoms with Gasteiger partial charge in [0.15, 0.2) is 0 Å². The fourth-order valence-corrected chi connectivity index (χ4v) is 0.609. The number of ether oxygens (including phenoxy) is 1. The van der Waals surface area contributed by atoms with E-state index < -0.39 is 0 Å². The van der Waals surface area contributed by atoms with Crippen molar-refractivity contribution in [2.45, 2.75) is 26.7 Å². The van der Waals surface area contributed by atoms with Crippen molar-refractivity contribution in [3.8, 4) is 0 Å². The second-order valence-corrected chi connectivity index (χ2v) is 3.43. The van der Waals surface area contributed by atoms with E-state index in [1.165, 1.54) is 0 Å². The molecule has 0 atom stereocenters. The average Bonchev–Trinajstić information content (AvgIpc) is 2.41. The number of rotatable bonds is 7. The first-order chi connectivity index (χ1) is 9.94. The highest BCUT2D eigenvalue weighted by atomic mass is 16.5. The molecule has 0 saturated heterocycles. The molecular formula is C18H32O3. The molecule has 0 aromatic rings. The lowest BCUT2D eigenvalue weighted by Gasteiger charge is -2.06. The summed E-state index contributed by atoms with van der Waals surface area (Å²) in [6, 6.07) is 0. The molecule has 0 spiro atoms. The van der Waals surface area contributed by atoms with Gasteiger partial charge >= 0.3 is 0 Å². The van der Waals surface area contributed by atoms with E-state index in [4.69, 9.17) is 14.9 Å². The molecule has 0 unspecified atom stereocenters. The third-order valence-corrected chi connectivity index (χ3v) is 1.13. The fraction of sp³-hybridized carbons (Fsp3) is 0.333. The van der Waals surface area contributed by atoms with E-state index in [0.717, 1.165) is 0 Å². The third kappa shape index (κ3) is 56.5. The Hall–Kier alpha value is -1.84. The van der Waals surface area contributed by atoms with Gasteiger partial charge in [-0.3, -0.25) is 0 Å². The molecular weight excluding hydrogens is 264 g/mol. The predicted molar refractivity (Wildman–Crippen MR) is 94.9 cm³/mol. The first-order valence-corrected chi connectivity index (χ1v) is 6.56. The standard InChI is InChI=1S/C10H14O.2C3H6.C2H6O2/c1-5-7-9(3)11-10(4)8-6-2;2*1-3-2;3-1-2-4/h5-6H,1-4,7-8H2;2*3H,1H2,2H3;3-4H,1-2H2. The number of hydrogen-bond donors (Lipinski definition) is 2. The highest BCUT2D eigenvalue weighted by Gasteiger charge is 1.94. The van der Waals surface area contributed by atoms with E-state index >= 15 is 0 Å². The Morgan fingerprint density at radius 3 is 1.19 bits per heavy atom. The van der Waals surface area contributed by atoms with Gasteiger partial charge in [0.05, 0.1) is 13.2 Å². The van der Waals surface area contributed by atoms with Crippen molar-refractivity contribution in [1.29, 1.82) is 0 Å². The molecule has 0 rings (SSSR count). The van der Waals surface area contributed by atoms with Crippen molar-refractivity contribution < 1.29 is 14.9 Å². The average molecular weight is 296 g/mol. The minimum absolute atomic E-state index is 0.125. The van der Waals surface area contributed by atoms with E-state index in [0.29, 0.717) is 24.4 Å². The molecule has 122 valence electrons. The molecule has 0 amide bonds. The Balaban J connectivity index is -0.000000119. The number of hydrogen-bond acceptors (Lipinski definition) is 3. The smallest absolute Gasteiger partial charge is 0.100 e. The van der Waals surface area contributed by atoms with Gasteiger partial charge < -0.3 is 14.9 Å². The maximum atomic E-state index is 7.62. The lowest BCUT2D eigenvalue weighted by molar-refractivity contribution is 0.186. The van der Waals surface area contributed by atoms with Crippen LogP contribution in [0.3, 0.4) is 0 Å². The SMILES string of the molecule is C=CC.C=CC.C=CCC(=C)OC(=C)CC=C.OCCO. The van der Waals surface area contributed by atoms with Gasteiger partial charge in [-0.2, -0.15) is 0 Å². The van der Waals surface area contributed by atoms with Crippen molar-refractivity contribution in [2.75, 3.05) is 13.2 Å². The van der Waals surface area contributed by atoms with E-state index in [1.807, 2.05) is 13.8 Å². The van der Waals surface area contributed by atoms with Crippen LogP contribution < -0.4 is 0 Å². The molecule has 2 N–H and O–H groups in total. The second kappa shape index (κ2) is 30.9. The van der Waals surface area contributed by atoms with Crippen LogP contribution in [0.2, 0.25) is 0 Å². The number of aliphatic hydroxyl groups excluding tert-OH is 2. The number of aliphatic hydroxyl groups is 2. The Labute approximate surface area is 131 Å².